The molecule has 2 heterocycles. The zero-order valence-electron chi connectivity index (χ0n) is 21.3. The Morgan fingerprint density at radius 1 is 1.00 bits per heavy atom. The van der Waals surface area contributed by atoms with Crippen molar-refractivity contribution in [2.24, 2.45) is 0 Å². The number of hydrogen-bond acceptors (Lipinski definition) is 9. The largest absolute Gasteiger partial charge is 0.515 e. The van der Waals surface area contributed by atoms with Crippen LogP contribution in [0.2, 0.25) is 0 Å². The predicted molar refractivity (Wildman–Crippen MR) is 146 cm³/mol. The van der Waals surface area contributed by atoms with E-state index in [1.165, 1.54) is 0 Å². The highest BCUT2D eigenvalue weighted by atomic mass is 16.2. The van der Waals surface area contributed by atoms with E-state index < -0.39 is 10.9 Å². The highest BCUT2D eigenvalue weighted by molar-refractivity contribution is 5.92. The third-order valence-corrected chi connectivity index (χ3v) is 5.90. The number of hydrogen-bond donors (Lipinski definition) is 3. The van der Waals surface area contributed by atoms with E-state index in [2.05, 4.69) is 20.6 Å². The molecule has 1 aliphatic heterocycles. The summed E-state index contributed by atoms with van der Waals surface area (Å²) < 4.78 is 0. The Bertz CT molecular complexity index is 1310. The fourth-order valence-electron chi connectivity index (χ4n) is 3.69. The molecule has 1 saturated heterocycles. The second-order valence-electron chi connectivity index (χ2n) is 8.33. The number of aliphatic hydroxyl groups excluding tert-OH is 1. The third-order valence-electron chi connectivity index (χ3n) is 5.90. The number of benzene rings is 1. The first-order valence-electron chi connectivity index (χ1n) is 12.1. The van der Waals surface area contributed by atoms with Gasteiger partial charge in [-0.1, -0.05) is 31.2 Å². The van der Waals surface area contributed by atoms with Crippen molar-refractivity contribution < 1.29 is 9.90 Å². The van der Waals surface area contributed by atoms with Crippen LogP contribution in [0.15, 0.2) is 82.0 Å². The monoisotopic (exact) mass is 504 g/mol. The van der Waals surface area contributed by atoms with Crippen molar-refractivity contribution in [3.63, 3.8) is 0 Å². The molecule has 2 aromatic carbocycles. The fraction of sp³-hybridized carbons (Fsp3) is 0.296. The Morgan fingerprint density at radius 2 is 1.62 bits per heavy atom. The Morgan fingerprint density at radius 3 is 2.19 bits per heavy atom. The SMILES string of the molecule is C/C(=C/O)C(=O)N1CCN(c2ncccn2)CC1.C/C=C(\CC)Nc1c(Nc2ccccc2)c(=O)c1=O. The van der Waals surface area contributed by atoms with Gasteiger partial charge in [-0.15, -0.1) is 0 Å². The van der Waals surface area contributed by atoms with Crippen molar-refractivity contribution in [2.75, 3.05) is 41.7 Å². The van der Waals surface area contributed by atoms with Gasteiger partial charge in [0.25, 0.3) is 16.8 Å². The number of nitrogens with zero attached hydrogens (tertiary/aromatic N) is 4. The van der Waals surface area contributed by atoms with Crippen molar-refractivity contribution in [1.82, 2.24) is 14.9 Å². The van der Waals surface area contributed by atoms with Gasteiger partial charge in [0, 0.05) is 55.5 Å². The molecule has 37 heavy (non-hydrogen) atoms. The summed E-state index contributed by atoms with van der Waals surface area (Å²) in [6.45, 7) is 8.11. The Hall–Kier alpha value is -4.47. The van der Waals surface area contributed by atoms with Crippen LogP contribution in [0.4, 0.5) is 23.0 Å². The molecular weight excluding hydrogens is 472 g/mol. The average molecular weight is 505 g/mol. The van der Waals surface area contributed by atoms with Crippen molar-refractivity contribution in [3.8, 4) is 0 Å². The van der Waals surface area contributed by atoms with Gasteiger partial charge in [-0.05, 0) is 38.5 Å². The molecule has 1 aromatic heterocycles. The zero-order chi connectivity index (χ0) is 26.8. The molecule has 194 valence electrons. The molecule has 3 N–H and O–H groups in total. The second kappa shape index (κ2) is 13.0. The number of carbonyl (C=O) groups excluding carboxylic acids is 1. The molecule has 10 heteroatoms. The zero-order valence-corrected chi connectivity index (χ0v) is 21.3. The average Bonchev–Trinajstić information content (AvgIpc) is 2.97. The molecule has 0 aliphatic carbocycles. The maximum absolute atomic E-state index is 11.8. The fourth-order valence-corrected chi connectivity index (χ4v) is 3.69. The third kappa shape index (κ3) is 6.81. The molecule has 1 aliphatic rings. The molecule has 0 bridgehead atoms. The van der Waals surface area contributed by atoms with Crippen molar-refractivity contribution in [2.45, 2.75) is 27.2 Å². The van der Waals surface area contributed by atoms with E-state index in [1.54, 1.807) is 30.3 Å². The lowest BCUT2D eigenvalue weighted by molar-refractivity contribution is -0.127. The van der Waals surface area contributed by atoms with Crippen LogP contribution >= 0.6 is 0 Å². The van der Waals surface area contributed by atoms with E-state index in [0.29, 0.717) is 49.1 Å². The normalized spacial score (nSPS) is 14.1. The Kier molecular flexibility index (Phi) is 9.54. The summed E-state index contributed by atoms with van der Waals surface area (Å²) in [5, 5.41) is 14.8. The van der Waals surface area contributed by atoms with Gasteiger partial charge in [0.2, 0.25) is 5.95 Å². The lowest BCUT2D eigenvalue weighted by Crippen LogP contribution is -2.49. The van der Waals surface area contributed by atoms with Crippen molar-refractivity contribution in [3.05, 3.63) is 92.8 Å². The lowest BCUT2D eigenvalue weighted by atomic mass is 10.1. The molecule has 0 spiro atoms. The molecule has 4 rings (SSSR count). The molecule has 3 aromatic rings. The summed E-state index contributed by atoms with van der Waals surface area (Å²) in [5.74, 6) is 0.574. The van der Waals surface area contributed by atoms with Gasteiger partial charge < -0.3 is 25.5 Å². The summed E-state index contributed by atoms with van der Waals surface area (Å²) >= 11 is 0. The van der Waals surface area contributed by atoms with Crippen LogP contribution in [0.5, 0.6) is 0 Å². The molecule has 10 nitrogen and oxygen atoms in total. The first-order chi connectivity index (χ1) is 17.9. The number of rotatable bonds is 7. The topological polar surface area (TPSA) is 128 Å². The summed E-state index contributed by atoms with van der Waals surface area (Å²) in [5.41, 5.74) is 1.82. The summed E-state index contributed by atoms with van der Waals surface area (Å²) in [6.07, 6.45) is 6.94. The standard InChI is InChI=1S/C15H16N2O2.C12H16N4O2/c1-3-10(4-2)16-12-13(15(19)14(12)18)17-11-8-6-5-7-9-11;1-10(9-17)11(18)15-5-7-16(8-6-15)12-13-3-2-4-14-12/h3,5-9,16-17H,4H2,1-2H3;2-4,9,17H,5-8H2,1H3/b10-3+;10-9-. The number of para-hydroxylation sites is 1. The number of nitrogens with one attached hydrogen (secondary N) is 2. The van der Waals surface area contributed by atoms with Crippen LogP contribution in [0.3, 0.4) is 0 Å². The van der Waals surface area contributed by atoms with E-state index in [4.69, 9.17) is 5.11 Å². The number of anilines is 4. The molecule has 0 radical (unpaired) electrons. The maximum Gasteiger partial charge on any atom is 0.253 e. The van der Waals surface area contributed by atoms with E-state index in [-0.39, 0.29) is 5.91 Å². The van der Waals surface area contributed by atoms with Crippen LogP contribution < -0.4 is 26.4 Å². The van der Waals surface area contributed by atoms with Crippen LogP contribution in [0, 0.1) is 0 Å². The van der Waals surface area contributed by atoms with Crippen LogP contribution in [-0.2, 0) is 4.79 Å². The lowest BCUT2D eigenvalue weighted by Gasteiger charge is -2.34. The molecular formula is C27H32N6O4. The molecule has 0 unspecified atom stereocenters. The van der Waals surface area contributed by atoms with E-state index in [0.717, 1.165) is 24.1 Å². The number of aromatic nitrogens is 2. The van der Waals surface area contributed by atoms with E-state index in [9.17, 15) is 14.4 Å². The van der Waals surface area contributed by atoms with Gasteiger partial charge >= 0.3 is 0 Å². The quantitative estimate of drug-likeness (QED) is 0.252. The molecule has 1 amide bonds. The van der Waals surface area contributed by atoms with Gasteiger partial charge in [0.1, 0.15) is 11.4 Å². The van der Waals surface area contributed by atoms with Crippen LogP contribution in [0.25, 0.3) is 0 Å². The minimum absolute atomic E-state index is 0.119. The highest BCUT2D eigenvalue weighted by Crippen LogP contribution is 2.22. The smallest absolute Gasteiger partial charge is 0.253 e. The first-order valence-corrected chi connectivity index (χ1v) is 12.1. The predicted octanol–water partition coefficient (Wildman–Crippen LogP) is 3.34. The summed E-state index contributed by atoms with van der Waals surface area (Å²) in [6, 6.07) is 11.1. The van der Waals surface area contributed by atoms with E-state index >= 15 is 0 Å². The minimum Gasteiger partial charge on any atom is -0.515 e. The number of aliphatic hydroxyl groups is 1. The molecule has 1 fully saturated rings. The second-order valence-corrected chi connectivity index (χ2v) is 8.33. The van der Waals surface area contributed by atoms with Gasteiger partial charge in [0.15, 0.2) is 0 Å². The maximum atomic E-state index is 11.8. The summed E-state index contributed by atoms with van der Waals surface area (Å²) in [7, 11) is 0. The van der Waals surface area contributed by atoms with Crippen molar-refractivity contribution >= 4 is 28.9 Å². The number of piperazine rings is 1. The number of amides is 1. The van der Waals surface area contributed by atoms with Crippen LogP contribution in [-0.4, -0.2) is 52.1 Å². The number of carbonyl (C=O) groups is 1. The highest BCUT2D eigenvalue weighted by Gasteiger charge is 2.23. The summed E-state index contributed by atoms with van der Waals surface area (Å²) in [4.78, 5) is 47.2. The number of allylic oxidation sites excluding steroid dienone is 2. The minimum atomic E-state index is -0.474. The Balaban J connectivity index is 0.000000206. The van der Waals surface area contributed by atoms with E-state index in [1.807, 2.05) is 55.2 Å². The van der Waals surface area contributed by atoms with Gasteiger partial charge in [0.05, 0.1) is 6.26 Å². The van der Waals surface area contributed by atoms with Gasteiger partial charge in [-0.25, -0.2) is 9.97 Å². The van der Waals surface area contributed by atoms with Crippen molar-refractivity contribution in [1.29, 1.82) is 0 Å². The molecule has 0 saturated carbocycles. The van der Waals surface area contributed by atoms with Gasteiger partial charge in [-0.2, -0.15) is 0 Å². The van der Waals surface area contributed by atoms with Crippen LogP contribution in [0.1, 0.15) is 27.2 Å². The Labute approximate surface area is 215 Å². The molecule has 0 atom stereocenters. The first kappa shape index (κ1) is 27.1. The van der Waals surface area contributed by atoms with Gasteiger partial charge in [-0.3, -0.25) is 14.4 Å².